The number of piperazine rings is 1. The van der Waals surface area contributed by atoms with E-state index in [4.69, 9.17) is 0 Å². The lowest BCUT2D eigenvalue weighted by atomic mass is 10.1. The van der Waals surface area contributed by atoms with Crippen LogP contribution < -0.4 is 10.0 Å². The van der Waals surface area contributed by atoms with E-state index in [1.807, 2.05) is 0 Å². The number of nitrogens with zero attached hydrogens (tertiary/aromatic N) is 1. The zero-order chi connectivity index (χ0) is 17.2. The van der Waals surface area contributed by atoms with Crippen LogP contribution in [0.4, 0.5) is 0 Å². The van der Waals surface area contributed by atoms with Gasteiger partial charge in [-0.05, 0) is 37.5 Å². The van der Waals surface area contributed by atoms with Gasteiger partial charge in [0.25, 0.3) is 5.91 Å². The molecule has 1 aliphatic carbocycles. The van der Waals surface area contributed by atoms with Crippen LogP contribution in [-0.2, 0) is 10.0 Å². The maximum absolute atomic E-state index is 12.7. The van der Waals surface area contributed by atoms with E-state index < -0.39 is 10.0 Å². The van der Waals surface area contributed by atoms with Crippen molar-refractivity contribution < 1.29 is 13.2 Å². The molecular weight excluding hydrogens is 326 g/mol. The molecule has 0 spiro atoms. The first-order chi connectivity index (χ1) is 11.5. The minimum atomic E-state index is -3.59. The number of amides is 1. The van der Waals surface area contributed by atoms with Crippen molar-refractivity contribution in [2.24, 2.45) is 0 Å². The van der Waals surface area contributed by atoms with Crippen LogP contribution in [-0.4, -0.2) is 51.4 Å². The summed E-state index contributed by atoms with van der Waals surface area (Å²) in [5, 5.41) is 3.21. The van der Waals surface area contributed by atoms with Crippen molar-refractivity contribution in [1.29, 1.82) is 0 Å². The van der Waals surface area contributed by atoms with Gasteiger partial charge < -0.3 is 10.2 Å². The van der Waals surface area contributed by atoms with Gasteiger partial charge in [0.15, 0.2) is 0 Å². The van der Waals surface area contributed by atoms with Gasteiger partial charge in [-0.3, -0.25) is 4.79 Å². The molecule has 0 aromatic heterocycles. The second-order valence-corrected chi connectivity index (χ2v) is 8.31. The van der Waals surface area contributed by atoms with Gasteiger partial charge in [-0.2, -0.15) is 0 Å². The first kappa shape index (κ1) is 17.4. The molecule has 1 heterocycles. The topological polar surface area (TPSA) is 78.5 Å². The average Bonchev–Trinajstić information content (AvgIpc) is 3.07. The number of hydrogen-bond acceptors (Lipinski definition) is 4. The second-order valence-electron chi connectivity index (χ2n) is 6.63. The van der Waals surface area contributed by atoms with Crippen LogP contribution in [0.15, 0.2) is 23.1 Å². The first-order valence-electron chi connectivity index (χ1n) is 8.60. The largest absolute Gasteiger partial charge is 0.336 e. The van der Waals surface area contributed by atoms with E-state index in [0.717, 1.165) is 38.8 Å². The summed E-state index contributed by atoms with van der Waals surface area (Å²) in [6.07, 6.45) is 3.90. The highest BCUT2D eigenvalue weighted by atomic mass is 32.2. The van der Waals surface area contributed by atoms with Crippen molar-refractivity contribution in [3.05, 3.63) is 29.3 Å². The summed E-state index contributed by atoms with van der Waals surface area (Å²) in [7, 11) is -3.59. The number of aryl methyl sites for hydroxylation is 1. The second kappa shape index (κ2) is 7.21. The van der Waals surface area contributed by atoms with Crippen LogP contribution in [0.3, 0.4) is 0 Å². The molecule has 3 rings (SSSR count). The Bertz CT molecular complexity index is 706. The Morgan fingerprint density at radius 1 is 1.21 bits per heavy atom. The molecule has 2 fully saturated rings. The minimum absolute atomic E-state index is 0.0157. The summed E-state index contributed by atoms with van der Waals surface area (Å²) < 4.78 is 28.2. The molecule has 24 heavy (non-hydrogen) atoms. The van der Waals surface area contributed by atoms with Crippen molar-refractivity contribution in [3.63, 3.8) is 0 Å². The summed E-state index contributed by atoms with van der Waals surface area (Å²) in [4.78, 5) is 14.6. The molecule has 2 aliphatic rings. The van der Waals surface area contributed by atoms with E-state index in [1.54, 1.807) is 24.0 Å². The summed E-state index contributed by atoms with van der Waals surface area (Å²) in [5.74, 6) is -0.103. The SMILES string of the molecule is Cc1ccc(C(=O)N2CCNCC2)cc1S(=O)(=O)NC1CCCC1. The highest BCUT2D eigenvalue weighted by Gasteiger charge is 2.26. The van der Waals surface area contributed by atoms with Gasteiger partial charge in [0, 0.05) is 37.8 Å². The monoisotopic (exact) mass is 351 g/mol. The van der Waals surface area contributed by atoms with E-state index in [9.17, 15) is 13.2 Å². The Morgan fingerprint density at radius 3 is 2.54 bits per heavy atom. The van der Waals surface area contributed by atoms with Gasteiger partial charge in [0.1, 0.15) is 0 Å². The Kier molecular flexibility index (Phi) is 5.22. The third-order valence-electron chi connectivity index (χ3n) is 4.81. The average molecular weight is 351 g/mol. The number of benzene rings is 1. The zero-order valence-corrected chi connectivity index (χ0v) is 14.9. The highest BCUT2D eigenvalue weighted by molar-refractivity contribution is 7.89. The van der Waals surface area contributed by atoms with Crippen LogP contribution >= 0.6 is 0 Å². The molecule has 132 valence electrons. The molecule has 0 unspecified atom stereocenters. The molecule has 1 saturated carbocycles. The fourth-order valence-electron chi connectivity index (χ4n) is 3.40. The van der Waals surface area contributed by atoms with Gasteiger partial charge in [-0.1, -0.05) is 18.9 Å². The van der Waals surface area contributed by atoms with E-state index in [0.29, 0.717) is 24.2 Å². The van der Waals surface area contributed by atoms with Crippen LogP contribution in [0.1, 0.15) is 41.6 Å². The van der Waals surface area contributed by atoms with E-state index in [2.05, 4.69) is 10.0 Å². The van der Waals surface area contributed by atoms with Crippen molar-refractivity contribution in [1.82, 2.24) is 14.9 Å². The fourth-order valence-corrected chi connectivity index (χ4v) is 4.98. The van der Waals surface area contributed by atoms with Gasteiger partial charge in [0.05, 0.1) is 4.90 Å². The molecule has 7 heteroatoms. The third kappa shape index (κ3) is 3.79. The Labute approximate surface area is 143 Å². The van der Waals surface area contributed by atoms with Crippen LogP contribution in [0.5, 0.6) is 0 Å². The Morgan fingerprint density at radius 2 is 1.88 bits per heavy atom. The molecule has 1 saturated heterocycles. The van der Waals surface area contributed by atoms with Crippen LogP contribution in [0.2, 0.25) is 0 Å². The van der Waals surface area contributed by atoms with Crippen LogP contribution in [0, 0.1) is 6.92 Å². The summed E-state index contributed by atoms with van der Waals surface area (Å²) in [6.45, 7) is 4.60. The quantitative estimate of drug-likeness (QED) is 0.856. The molecule has 1 aromatic rings. The summed E-state index contributed by atoms with van der Waals surface area (Å²) in [6, 6.07) is 4.98. The molecule has 0 bridgehead atoms. The fraction of sp³-hybridized carbons (Fsp3) is 0.588. The maximum Gasteiger partial charge on any atom is 0.253 e. The molecule has 1 aliphatic heterocycles. The van der Waals surface area contributed by atoms with Crippen molar-refractivity contribution in [2.45, 2.75) is 43.5 Å². The minimum Gasteiger partial charge on any atom is -0.336 e. The molecule has 0 radical (unpaired) electrons. The molecular formula is C17H25N3O3S. The van der Waals surface area contributed by atoms with Gasteiger partial charge in [0.2, 0.25) is 10.0 Å². The van der Waals surface area contributed by atoms with E-state index >= 15 is 0 Å². The van der Waals surface area contributed by atoms with Gasteiger partial charge in [-0.15, -0.1) is 0 Å². The lowest BCUT2D eigenvalue weighted by Crippen LogP contribution is -2.46. The zero-order valence-electron chi connectivity index (χ0n) is 14.0. The first-order valence-corrected chi connectivity index (χ1v) is 10.1. The smallest absolute Gasteiger partial charge is 0.253 e. The Balaban J connectivity index is 1.83. The number of sulfonamides is 1. The Hall–Kier alpha value is -1.44. The normalized spacial score (nSPS) is 19.6. The highest BCUT2D eigenvalue weighted by Crippen LogP contribution is 2.23. The number of hydrogen-bond donors (Lipinski definition) is 2. The van der Waals surface area contributed by atoms with Crippen LogP contribution in [0.25, 0.3) is 0 Å². The molecule has 2 N–H and O–H groups in total. The summed E-state index contributed by atoms with van der Waals surface area (Å²) in [5.41, 5.74) is 1.10. The van der Waals surface area contributed by atoms with Gasteiger partial charge >= 0.3 is 0 Å². The van der Waals surface area contributed by atoms with E-state index in [-0.39, 0.29) is 16.8 Å². The lowest BCUT2D eigenvalue weighted by Gasteiger charge is -2.27. The molecule has 1 amide bonds. The molecule has 1 aromatic carbocycles. The number of carbonyl (C=O) groups excluding carboxylic acids is 1. The standard InChI is InChI=1S/C17H25N3O3S/c1-13-6-7-14(17(21)20-10-8-18-9-11-20)12-16(13)24(22,23)19-15-4-2-3-5-15/h6-7,12,15,18-19H,2-5,8-11H2,1H3. The number of carbonyl (C=O) groups is 1. The van der Waals surface area contributed by atoms with Crippen molar-refractivity contribution >= 4 is 15.9 Å². The number of nitrogens with one attached hydrogen (secondary N) is 2. The van der Waals surface area contributed by atoms with E-state index in [1.165, 1.54) is 6.07 Å². The third-order valence-corrected chi connectivity index (χ3v) is 6.47. The van der Waals surface area contributed by atoms with Crippen molar-refractivity contribution in [3.8, 4) is 0 Å². The lowest BCUT2D eigenvalue weighted by molar-refractivity contribution is 0.0735. The predicted molar refractivity (Wildman–Crippen MR) is 92.5 cm³/mol. The molecule has 0 atom stereocenters. The molecule has 6 nitrogen and oxygen atoms in total. The maximum atomic E-state index is 12.7. The predicted octanol–water partition coefficient (Wildman–Crippen LogP) is 1.26. The number of rotatable bonds is 4. The van der Waals surface area contributed by atoms with Crippen molar-refractivity contribution in [2.75, 3.05) is 26.2 Å². The van der Waals surface area contributed by atoms with Gasteiger partial charge in [-0.25, -0.2) is 13.1 Å². The summed E-state index contributed by atoms with van der Waals surface area (Å²) >= 11 is 0.